The van der Waals surface area contributed by atoms with Gasteiger partial charge in [-0.3, -0.25) is 24.6 Å². The predicted octanol–water partition coefficient (Wildman–Crippen LogP) is 4.59. The summed E-state index contributed by atoms with van der Waals surface area (Å²) >= 11 is 6.62. The van der Waals surface area contributed by atoms with Crippen LogP contribution in [0.4, 0.5) is 10.5 Å². The van der Waals surface area contributed by atoms with E-state index in [-0.39, 0.29) is 40.8 Å². The second-order valence-electron chi connectivity index (χ2n) is 5.97. The number of carbonyl (C=O) groups is 2. The Bertz CT molecular complexity index is 1040. The van der Waals surface area contributed by atoms with Gasteiger partial charge in [-0.05, 0) is 42.5 Å². The highest BCUT2D eigenvalue weighted by Gasteiger charge is 2.35. The highest BCUT2D eigenvalue weighted by molar-refractivity contribution is 8.18. The van der Waals surface area contributed by atoms with Gasteiger partial charge in [0.05, 0.1) is 29.0 Å². The van der Waals surface area contributed by atoms with Crippen molar-refractivity contribution in [2.45, 2.75) is 13.5 Å². The molecule has 0 atom stereocenters. The summed E-state index contributed by atoms with van der Waals surface area (Å²) in [5.74, 6) is -0.992. The van der Waals surface area contributed by atoms with Crippen LogP contribution in [0, 0.1) is 10.1 Å². The van der Waals surface area contributed by atoms with Gasteiger partial charge < -0.3 is 9.84 Å². The lowest BCUT2D eigenvalue weighted by Crippen LogP contribution is -2.27. The Morgan fingerprint density at radius 1 is 1.31 bits per heavy atom. The predicted molar refractivity (Wildman–Crippen MR) is 109 cm³/mol. The average Bonchev–Trinajstić information content (AvgIpc) is 2.92. The lowest BCUT2D eigenvalue weighted by molar-refractivity contribution is -0.385. The largest absolute Gasteiger partial charge is 0.504 e. The Hall–Kier alpha value is -3.04. The molecule has 0 unspecified atom stereocenters. The van der Waals surface area contributed by atoms with Crippen molar-refractivity contribution >= 4 is 46.3 Å². The second kappa shape index (κ2) is 8.54. The zero-order valence-electron chi connectivity index (χ0n) is 15.1. The van der Waals surface area contributed by atoms with Crippen molar-refractivity contribution in [3.8, 4) is 11.5 Å². The first-order valence-corrected chi connectivity index (χ1v) is 9.63. The maximum Gasteiger partial charge on any atom is 0.293 e. The zero-order valence-corrected chi connectivity index (χ0v) is 16.7. The smallest absolute Gasteiger partial charge is 0.293 e. The fourth-order valence-electron chi connectivity index (χ4n) is 2.69. The second-order valence-corrected chi connectivity index (χ2v) is 7.40. The van der Waals surface area contributed by atoms with Crippen LogP contribution >= 0.6 is 23.4 Å². The molecule has 0 aliphatic carbocycles. The van der Waals surface area contributed by atoms with Crippen LogP contribution in [0.1, 0.15) is 18.1 Å². The first-order valence-electron chi connectivity index (χ1n) is 8.44. The Morgan fingerprint density at radius 2 is 2.07 bits per heavy atom. The van der Waals surface area contributed by atoms with Crippen LogP contribution < -0.4 is 4.74 Å². The number of carbonyl (C=O) groups excluding carboxylic acids is 2. The molecule has 1 fully saturated rings. The number of nitro groups is 1. The molecule has 150 valence electrons. The number of halogens is 1. The van der Waals surface area contributed by atoms with Crippen molar-refractivity contribution in [1.29, 1.82) is 0 Å². The van der Waals surface area contributed by atoms with E-state index in [9.17, 15) is 24.8 Å². The number of hydrogen-bond donors (Lipinski definition) is 1. The molecule has 8 nitrogen and oxygen atoms in total. The van der Waals surface area contributed by atoms with Gasteiger partial charge in [0.1, 0.15) is 0 Å². The highest BCUT2D eigenvalue weighted by Crippen LogP contribution is 2.39. The summed E-state index contributed by atoms with van der Waals surface area (Å²) in [7, 11) is 0. The molecule has 0 radical (unpaired) electrons. The molecule has 2 amide bonds. The van der Waals surface area contributed by atoms with Gasteiger partial charge in [0, 0.05) is 16.7 Å². The van der Waals surface area contributed by atoms with Gasteiger partial charge in [-0.25, -0.2) is 0 Å². The molecule has 1 aliphatic rings. The molecule has 2 aromatic rings. The fraction of sp³-hybridized carbons (Fsp3) is 0.158. The average molecular weight is 435 g/mol. The number of imide groups is 1. The quantitative estimate of drug-likeness (QED) is 0.402. The topological polar surface area (TPSA) is 110 Å². The molecule has 1 aliphatic heterocycles. The lowest BCUT2D eigenvalue weighted by atomic mass is 10.1. The summed E-state index contributed by atoms with van der Waals surface area (Å²) in [6.07, 6.45) is 1.24. The molecule has 0 aromatic heterocycles. The summed E-state index contributed by atoms with van der Waals surface area (Å²) < 4.78 is 5.23. The van der Waals surface area contributed by atoms with E-state index >= 15 is 0 Å². The molecule has 3 rings (SSSR count). The molecule has 2 aromatic carbocycles. The summed E-state index contributed by atoms with van der Waals surface area (Å²) in [6.45, 7) is 1.89. The van der Waals surface area contributed by atoms with Crippen LogP contribution in [0.15, 0.2) is 41.3 Å². The van der Waals surface area contributed by atoms with Crippen LogP contribution in [-0.4, -0.2) is 32.7 Å². The molecular formula is C19H15ClN2O6S. The van der Waals surface area contributed by atoms with Crippen molar-refractivity contribution in [1.82, 2.24) is 4.90 Å². The van der Waals surface area contributed by atoms with Crippen molar-refractivity contribution in [2.75, 3.05) is 6.61 Å². The monoisotopic (exact) mass is 434 g/mol. The number of aromatic hydroxyl groups is 1. The standard InChI is InChI=1S/C19H15ClN2O6S/c1-2-28-15-9-14(22(26)27)7-12(17(15)23)8-16-18(24)21(19(25)29-16)10-11-4-3-5-13(20)6-11/h3-9,23H,2,10H2,1H3/b16-8-. The zero-order chi connectivity index (χ0) is 21.1. The Labute approximate surface area is 174 Å². The fourth-order valence-corrected chi connectivity index (χ4v) is 3.73. The number of thioether (sulfide) groups is 1. The van der Waals surface area contributed by atoms with E-state index in [1.807, 2.05) is 0 Å². The van der Waals surface area contributed by atoms with Gasteiger partial charge in [0.2, 0.25) is 0 Å². The molecular weight excluding hydrogens is 420 g/mol. The van der Waals surface area contributed by atoms with Crippen LogP contribution in [0.3, 0.4) is 0 Å². The molecule has 1 saturated heterocycles. The minimum atomic E-state index is -0.635. The van der Waals surface area contributed by atoms with E-state index in [4.69, 9.17) is 16.3 Å². The Kier molecular flexibility index (Phi) is 6.09. The number of phenols is 1. The van der Waals surface area contributed by atoms with Crippen molar-refractivity contribution in [3.63, 3.8) is 0 Å². The third kappa shape index (κ3) is 4.52. The minimum absolute atomic E-state index is 0.0101. The van der Waals surface area contributed by atoms with Crippen LogP contribution in [-0.2, 0) is 11.3 Å². The van der Waals surface area contributed by atoms with E-state index in [1.54, 1.807) is 31.2 Å². The molecule has 1 heterocycles. The van der Waals surface area contributed by atoms with Crippen molar-refractivity contribution in [2.24, 2.45) is 0 Å². The van der Waals surface area contributed by atoms with Gasteiger partial charge in [0.25, 0.3) is 16.8 Å². The first kappa shape index (κ1) is 20.7. The molecule has 0 saturated carbocycles. The van der Waals surface area contributed by atoms with E-state index in [0.717, 1.165) is 17.0 Å². The van der Waals surface area contributed by atoms with Crippen molar-refractivity contribution in [3.05, 3.63) is 67.6 Å². The molecule has 0 bridgehead atoms. The number of nitrogens with zero attached hydrogens (tertiary/aromatic N) is 2. The summed E-state index contributed by atoms with van der Waals surface area (Å²) in [6, 6.07) is 8.99. The molecule has 1 N–H and O–H groups in total. The number of non-ortho nitro benzene ring substituents is 1. The number of hydrogen-bond acceptors (Lipinski definition) is 7. The SMILES string of the molecule is CCOc1cc([N+](=O)[O-])cc(/C=C2\SC(=O)N(Cc3cccc(Cl)c3)C2=O)c1O. The van der Waals surface area contributed by atoms with Gasteiger partial charge in [0.15, 0.2) is 11.5 Å². The third-order valence-corrected chi connectivity index (χ3v) is 5.13. The van der Waals surface area contributed by atoms with Gasteiger partial charge in [-0.15, -0.1) is 0 Å². The van der Waals surface area contributed by atoms with Gasteiger partial charge in [-0.1, -0.05) is 23.7 Å². The van der Waals surface area contributed by atoms with Crippen molar-refractivity contribution < 1.29 is 24.4 Å². The van der Waals surface area contributed by atoms with E-state index in [2.05, 4.69) is 0 Å². The van der Waals surface area contributed by atoms with Crippen LogP contribution in [0.2, 0.25) is 5.02 Å². The summed E-state index contributed by atoms with van der Waals surface area (Å²) in [5, 5.41) is 21.5. The third-order valence-electron chi connectivity index (χ3n) is 3.99. The number of benzene rings is 2. The number of rotatable bonds is 6. The van der Waals surface area contributed by atoms with E-state index in [0.29, 0.717) is 22.3 Å². The minimum Gasteiger partial charge on any atom is -0.504 e. The number of amides is 2. The van der Waals surface area contributed by atoms with E-state index < -0.39 is 16.1 Å². The molecule has 10 heteroatoms. The number of phenolic OH excluding ortho intramolecular Hbond substituents is 1. The van der Waals surface area contributed by atoms with Gasteiger partial charge in [-0.2, -0.15) is 0 Å². The van der Waals surface area contributed by atoms with E-state index in [1.165, 1.54) is 6.08 Å². The maximum absolute atomic E-state index is 12.7. The normalized spacial score (nSPS) is 15.2. The molecule has 29 heavy (non-hydrogen) atoms. The maximum atomic E-state index is 12.7. The summed E-state index contributed by atoms with van der Waals surface area (Å²) in [4.78, 5) is 36.6. The number of nitro benzene ring substituents is 1. The summed E-state index contributed by atoms with van der Waals surface area (Å²) in [5.41, 5.74) is 0.379. The highest BCUT2D eigenvalue weighted by atomic mass is 35.5. The number of ether oxygens (including phenoxy) is 1. The lowest BCUT2D eigenvalue weighted by Gasteiger charge is -2.12. The van der Waals surface area contributed by atoms with Gasteiger partial charge >= 0.3 is 0 Å². The first-order chi connectivity index (χ1) is 13.8. The Morgan fingerprint density at radius 3 is 2.72 bits per heavy atom. The van der Waals surface area contributed by atoms with Crippen LogP contribution in [0.5, 0.6) is 11.5 Å². The Balaban J connectivity index is 1.94. The molecule has 0 spiro atoms. The van der Waals surface area contributed by atoms with Crippen LogP contribution in [0.25, 0.3) is 6.08 Å².